The van der Waals surface area contributed by atoms with Gasteiger partial charge in [-0.1, -0.05) is 11.6 Å². The van der Waals surface area contributed by atoms with Crippen molar-refractivity contribution in [1.82, 2.24) is 0 Å². The van der Waals surface area contributed by atoms with Gasteiger partial charge in [-0.25, -0.2) is 0 Å². The maximum absolute atomic E-state index is 5.99. The molecular weight excluding hydrogens is 316 g/mol. The molecule has 0 bridgehead atoms. The monoisotopic (exact) mass is 331 g/mol. The maximum atomic E-state index is 5.99. The second-order valence-electron chi connectivity index (χ2n) is 3.76. The first-order valence-corrected chi connectivity index (χ1v) is 6.94. The van der Waals surface area contributed by atoms with Crippen LogP contribution in [0.2, 0.25) is 5.02 Å². The molecule has 0 saturated carbocycles. The Hall–Kier alpha value is 0.140. The van der Waals surface area contributed by atoms with Gasteiger partial charge in [0.2, 0.25) is 0 Å². The lowest BCUT2D eigenvalue weighted by Crippen LogP contribution is -3.11. The van der Waals surface area contributed by atoms with Crippen molar-refractivity contribution in [2.75, 3.05) is 32.0 Å². The average Bonchev–Trinajstić information content (AvgIpc) is 2.30. The third kappa shape index (κ3) is 5.85. The van der Waals surface area contributed by atoms with Crippen LogP contribution in [0.1, 0.15) is 5.56 Å². The van der Waals surface area contributed by atoms with Gasteiger partial charge in [-0.2, -0.15) is 0 Å². The third-order valence-electron chi connectivity index (χ3n) is 2.58. The number of benzene rings is 1. The first-order chi connectivity index (χ1) is 8.21. The summed E-state index contributed by atoms with van der Waals surface area (Å²) < 4.78 is 5.32. The molecule has 104 valence electrons. The predicted octanol–water partition coefficient (Wildman–Crippen LogP) is -0.785. The van der Waals surface area contributed by atoms with Crippen molar-refractivity contribution in [1.29, 1.82) is 0 Å². The van der Waals surface area contributed by atoms with Crippen LogP contribution < -0.4 is 22.0 Å². The molecule has 0 amide bonds. The zero-order chi connectivity index (χ0) is 12.7. The summed E-state index contributed by atoms with van der Waals surface area (Å²) >= 11 is 17.6. The van der Waals surface area contributed by atoms with Gasteiger partial charge in [0.1, 0.15) is 12.3 Å². The van der Waals surface area contributed by atoms with E-state index in [0.717, 1.165) is 36.0 Å². The standard InChI is InChI=1S/C12H16Cl3NO.ClH/c1-17-12-3-2-11(15)8-10(12)9-16(6-4-13)7-5-14;/h2-3,8H,4-7,9H2,1H3;1H. The second kappa shape index (κ2) is 9.99. The molecule has 0 unspecified atom stereocenters. The third-order valence-corrected chi connectivity index (χ3v) is 3.19. The molecule has 0 saturated heterocycles. The number of methoxy groups -OCH3 is 1. The first-order valence-electron chi connectivity index (χ1n) is 5.49. The highest BCUT2D eigenvalue weighted by Crippen LogP contribution is 2.21. The maximum Gasteiger partial charge on any atom is 0.127 e. The minimum Gasteiger partial charge on any atom is -1.00 e. The number of hydrogen-bond acceptors (Lipinski definition) is 1. The summed E-state index contributed by atoms with van der Waals surface area (Å²) in [4.78, 5) is 1.33. The van der Waals surface area contributed by atoms with Crippen molar-refractivity contribution in [2.45, 2.75) is 6.54 Å². The topological polar surface area (TPSA) is 13.7 Å². The van der Waals surface area contributed by atoms with Gasteiger partial charge in [-0.05, 0) is 18.2 Å². The molecule has 0 aliphatic carbocycles. The summed E-state index contributed by atoms with van der Waals surface area (Å²) in [5.74, 6) is 2.10. The number of rotatable bonds is 7. The fourth-order valence-corrected chi connectivity index (χ4v) is 2.45. The van der Waals surface area contributed by atoms with Crippen LogP contribution in [-0.2, 0) is 6.54 Å². The van der Waals surface area contributed by atoms with Crippen LogP contribution in [0.15, 0.2) is 18.2 Å². The molecule has 0 spiro atoms. The van der Waals surface area contributed by atoms with Crippen LogP contribution in [0.5, 0.6) is 5.75 Å². The van der Waals surface area contributed by atoms with Gasteiger partial charge >= 0.3 is 0 Å². The van der Waals surface area contributed by atoms with E-state index < -0.39 is 0 Å². The van der Waals surface area contributed by atoms with Crippen LogP contribution in [0.3, 0.4) is 0 Å². The number of nitrogens with one attached hydrogen (secondary N) is 1. The molecule has 18 heavy (non-hydrogen) atoms. The summed E-state index contributed by atoms with van der Waals surface area (Å²) in [6, 6.07) is 5.65. The van der Waals surface area contributed by atoms with Crippen molar-refractivity contribution >= 4 is 34.8 Å². The van der Waals surface area contributed by atoms with Crippen molar-refractivity contribution in [3.63, 3.8) is 0 Å². The van der Waals surface area contributed by atoms with Gasteiger partial charge in [-0.15, -0.1) is 23.2 Å². The van der Waals surface area contributed by atoms with Crippen LogP contribution in [0.4, 0.5) is 0 Å². The molecule has 1 N–H and O–H groups in total. The first kappa shape index (κ1) is 18.1. The lowest BCUT2D eigenvalue weighted by Gasteiger charge is -2.18. The van der Waals surface area contributed by atoms with E-state index in [-0.39, 0.29) is 12.4 Å². The number of ether oxygens (including phenoxy) is 1. The number of alkyl halides is 2. The Balaban J connectivity index is 0.00000289. The summed E-state index contributed by atoms with van der Waals surface area (Å²) in [7, 11) is 1.66. The largest absolute Gasteiger partial charge is 1.00 e. The Kier molecular flexibility index (Phi) is 10.1. The molecule has 0 aliphatic rings. The molecule has 1 rings (SSSR count). The minimum absolute atomic E-state index is 0. The predicted molar refractivity (Wildman–Crippen MR) is 73.8 cm³/mol. The Morgan fingerprint density at radius 2 is 1.78 bits per heavy atom. The van der Waals surface area contributed by atoms with E-state index in [2.05, 4.69) is 0 Å². The van der Waals surface area contributed by atoms with Crippen molar-refractivity contribution in [2.24, 2.45) is 0 Å². The van der Waals surface area contributed by atoms with E-state index >= 15 is 0 Å². The Bertz CT molecular complexity index is 343. The van der Waals surface area contributed by atoms with Gasteiger partial charge in [0, 0.05) is 10.6 Å². The number of hydrogen-bond donors (Lipinski definition) is 1. The zero-order valence-corrected chi connectivity index (χ0v) is 13.2. The normalized spacial score (nSPS) is 10.3. The Morgan fingerprint density at radius 1 is 1.17 bits per heavy atom. The highest BCUT2D eigenvalue weighted by Gasteiger charge is 2.12. The number of halogens is 4. The lowest BCUT2D eigenvalue weighted by molar-refractivity contribution is -0.909. The van der Waals surface area contributed by atoms with E-state index in [0.29, 0.717) is 11.8 Å². The molecule has 0 aromatic heterocycles. The zero-order valence-electron chi connectivity index (χ0n) is 10.2. The van der Waals surface area contributed by atoms with Crippen LogP contribution in [-0.4, -0.2) is 32.0 Å². The fourth-order valence-electron chi connectivity index (χ4n) is 1.72. The molecule has 0 radical (unpaired) electrons. The fraction of sp³-hybridized carbons (Fsp3) is 0.500. The molecule has 1 aromatic rings. The molecule has 6 heteroatoms. The summed E-state index contributed by atoms with van der Waals surface area (Å²) in [6.07, 6.45) is 0. The van der Waals surface area contributed by atoms with Crippen LogP contribution >= 0.6 is 34.8 Å². The smallest absolute Gasteiger partial charge is 0.127 e. The van der Waals surface area contributed by atoms with Gasteiger partial charge in [0.15, 0.2) is 0 Å². The molecule has 1 aromatic carbocycles. The summed E-state index contributed by atoms with van der Waals surface area (Å²) in [5, 5.41) is 0.719. The van der Waals surface area contributed by atoms with E-state index in [1.165, 1.54) is 4.90 Å². The Labute approximate surface area is 130 Å². The Morgan fingerprint density at radius 3 is 2.28 bits per heavy atom. The minimum atomic E-state index is 0. The SMILES string of the molecule is COc1ccc(Cl)cc1C[NH+](CCCl)CCCl.[Cl-]. The number of quaternary nitrogens is 1. The van der Waals surface area contributed by atoms with Gasteiger partial charge < -0.3 is 22.0 Å². The quantitative estimate of drug-likeness (QED) is 0.646. The van der Waals surface area contributed by atoms with E-state index in [1.807, 2.05) is 18.2 Å². The summed E-state index contributed by atoms with van der Waals surface area (Å²) in [6.45, 7) is 2.58. The average molecular weight is 333 g/mol. The highest BCUT2D eigenvalue weighted by atomic mass is 35.5. The van der Waals surface area contributed by atoms with Crippen LogP contribution in [0.25, 0.3) is 0 Å². The van der Waals surface area contributed by atoms with E-state index in [4.69, 9.17) is 39.5 Å². The van der Waals surface area contributed by atoms with Gasteiger partial charge in [0.05, 0.1) is 32.0 Å². The van der Waals surface area contributed by atoms with Crippen molar-refractivity contribution in [3.05, 3.63) is 28.8 Å². The van der Waals surface area contributed by atoms with Gasteiger partial charge in [0.25, 0.3) is 0 Å². The van der Waals surface area contributed by atoms with Crippen molar-refractivity contribution < 1.29 is 22.0 Å². The van der Waals surface area contributed by atoms with Crippen molar-refractivity contribution in [3.8, 4) is 5.75 Å². The molecule has 0 fully saturated rings. The molecule has 0 heterocycles. The lowest BCUT2D eigenvalue weighted by atomic mass is 10.2. The molecule has 0 aliphatic heterocycles. The van der Waals surface area contributed by atoms with Gasteiger partial charge in [-0.3, -0.25) is 0 Å². The molecule has 0 atom stereocenters. The highest BCUT2D eigenvalue weighted by molar-refractivity contribution is 6.30. The summed E-state index contributed by atoms with van der Waals surface area (Å²) in [5.41, 5.74) is 1.09. The van der Waals surface area contributed by atoms with E-state index in [9.17, 15) is 0 Å². The second-order valence-corrected chi connectivity index (χ2v) is 4.95. The molecular formula is C12H17Cl4NO. The van der Waals surface area contributed by atoms with E-state index in [1.54, 1.807) is 7.11 Å². The molecule has 2 nitrogen and oxygen atoms in total. The van der Waals surface area contributed by atoms with Crippen LogP contribution in [0, 0.1) is 0 Å².